The van der Waals surface area contributed by atoms with Gasteiger partial charge in [-0.05, 0) is 19.9 Å². The summed E-state index contributed by atoms with van der Waals surface area (Å²) >= 11 is 0. The molecule has 1 saturated heterocycles. The predicted octanol–water partition coefficient (Wildman–Crippen LogP) is -1.07. The maximum atomic E-state index is 11.6. The van der Waals surface area contributed by atoms with E-state index >= 15 is 0 Å². The summed E-state index contributed by atoms with van der Waals surface area (Å²) in [4.78, 5) is 26.7. The molecule has 1 aliphatic rings. The number of nitrogens with zero attached hydrogens (tertiary/aromatic N) is 2. The number of nitrogens with two attached hydrogens (primary N) is 1. The number of hydrogen-bond acceptors (Lipinski definition) is 5. The molecule has 0 radical (unpaired) electrons. The van der Waals surface area contributed by atoms with Gasteiger partial charge < -0.3 is 26.0 Å². The summed E-state index contributed by atoms with van der Waals surface area (Å²) in [6.07, 6.45) is 1.47. The van der Waals surface area contributed by atoms with Crippen molar-refractivity contribution in [3.05, 3.63) is 0 Å². The lowest BCUT2D eigenvalue weighted by Crippen LogP contribution is -2.45. The molecule has 0 bridgehead atoms. The summed E-state index contributed by atoms with van der Waals surface area (Å²) in [5, 5.41) is 11.4. The van der Waals surface area contributed by atoms with E-state index < -0.39 is 12.0 Å². The Kier molecular flexibility index (Phi) is 7.50. The number of carboxylic acids is 1. The number of rotatable bonds is 8. The quantitative estimate of drug-likeness (QED) is 0.492. The SMILES string of the molecule is CN1CCN(CCC(=O)NCCC[C@H](N)C(=O)O)CC1. The second-order valence-corrected chi connectivity index (χ2v) is 5.33. The largest absolute Gasteiger partial charge is 0.480 e. The average molecular weight is 286 g/mol. The van der Waals surface area contributed by atoms with Crippen molar-refractivity contribution >= 4 is 11.9 Å². The summed E-state index contributed by atoms with van der Waals surface area (Å²) in [7, 11) is 2.10. The van der Waals surface area contributed by atoms with Crippen LogP contribution >= 0.6 is 0 Å². The second-order valence-electron chi connectivity index (χ2n) is 5.33. The lowest BCUT2D eigenvalue weighted by Gasteiger charge is -2.32. The molecule has 1 heterocycles. The highest BCUT2D eigenvalue weighted by Crippen LogP contribution is 2.00. The van der Waals surface area contributed by atoms with Crippen LogP contribution in [-0.2, 0) is 9.59 Å². The Morgan fingerprint density at radius 2 is 1.95 bits per heavy atom. The minimum Gasteiger partial charge on any atom is -0.480 e. The number of aliphatic carboxylic acids is 1. The summed E-state index contributed by atoms with van der Waals surface area (Å²) in [5.74, 6) is -0.973. The third-order valence-corrected chi connectivity index (χ3v) is 3.58. The normalized spacial score (nSPS) is 18.7. The fourth-order valence-corrected chi connectivity index (χ4v) is 2.09. The highest BCUT2D eigenvalue weighted by molar-refractivity contribution is 5.76. The highest BCUT2D eigenvalue weighted by atomic mass is 16.4. The Morgan fingerprint density at radius 1 is 1.30 bits per heavy atom. The number of hydrogen-bond donors (Lipinski definition) is 3. The van der Waals surface area contributed by atoms with Gasteiger partial charge in [-0.3, -0.25) is 9.59 Å². The lowest BCUT2D eigenvalue weighted by atomic mass is 10.2. The smallest absolute Gasteiger partial charge is 0.320 e. The Labute approximate surface area is 120 Å². The Balaban J connectivity index is 2.02. The predicted molar refractivity (Wildman–Crippen MR) is 76.4 cm³/mol. The molecular weight excluding hydrogens is 260 g/mol. The molecule has 1 atom stereocenters. The number of piperazine rings is 1. The van der Waals surface area contributed by atoms with Crippen molar-refractivity contribution in [2.24, 2.45) is 5.73 Å². The molecule has 0 saturated carbocycles. The van der Waals surface area contributed by atoms with Crippen LogP contribution in [0.2, 0.25) is 0 Å². The number of carbonyl (C=O) groups is 2. The van der Waals surface area contributed by atoms with Crippen LogP contribution in [0.3, 0.4) is 0 Å². The van der Waals surface area contributed by atoms with Crippen molar-refractivity contribution in [1.29, 1.82) is 0 Å². The number of carbonyl (C=O) groups excluding carboxylic acids is 1. The van der Waals surface area contributed by atoms with E-state index in [0.717, 1.165) is 32.7 Å². The zero-order chi connectivity index (χ0) is 15.0. The molecule has 1 rings (SSSR count). The highest BCUT2D eigenvalue weighted by Gasteiger charge is 2.14. The first kappa shape index (κ1) is 16.9. The molecule has 1 fully saturated rings. The van der Waals surface area contributed by atoms with E-state index in [1.165, 1.54) is 0 Å². The Bertz CT molecular complexity index is 317. The summed E-state index contributed by atoms with van der Waals surface area (Å²) in [6.45, 7) is 5.40. The van der Waals surface area contributed by atoms with Gasteiger partial charge in [0.2, 0.25) is 5.91 Å². The van der Waals surface area contributed by atoms with Crippen LogP contribution in [0.15, 0.2) is 0 Å². The van der Waals surface area contributed by atoms with Crippen LogP contribution < -0.4 is 11.1 Å². The van der Waals surface area contributed by atoms with Crippen LogP contribution in [0.25, 0.3) is 0 Å². The fourth-order valence-electron chi connectivity index (χ4n) is 2.09. The summed E-state index contributed by atoms with van der Waals surface area (Å²) < 4.78 is 0. The van der Waals surface area contributed by atoms with Gasteiger partial charge in [-0.2, -0.15) is 0 Å². The molecule has 0 aromatic heterocycles. The van der Waals surface area contributed by atoms with Gasteiger partial charge in [0.25, 0.3) is 0 Å². The second kappa shape index (κ2) is 8.89. The van der Waals surface area contributed by atoms with Gasteiger partial charge in [-0.1, -0.05) is 0 Å². The van der Waals surface area contributed by atoms with Crippen LogP contribution in [0, 0.1) is 0 Å². The third-order valence-electron chi connectivity index (χ3n) is 3.58. The summed E-state index contributed by atoms with van der Waals surface area (Å²) in [5.41, 5.74) is 5.38. The third kappa shape index (κ3) is 6.83. The molecule has 1 amide bonds. The van der Waals surface area contributed by atoms with Crippen molar-refractivity contribution in [2.45, 2.75) is 25.3 Å². The van der Waals surface area contributed by atoms with E-state index in [2.05, 4.69) is 22.2 Å². The number of likely N-dealkylation sites (N-methyl/N-ethyl adjacent to an activating group) is 1. The average Bonchev–Trinajstić information content (AvgIpc) is 2.42. The zero-order valence-electron chi connectivity index (χ0n) is 12.2. The monoisotopic (exact) mass is 286 g/mol. The van der Waals surface area contributed by atoms with Gasteiger partial charge in [-0.15, -0.1) is 0 Å². The van der Waals surface area contributed by atoms with Gasteiger partial charge in [0.1, 0.15) is 6.04 Å². The number of amides is 1. The van der Waals surface area contributed by atoms with E-state index in [0.29, 0.717) is 25.8 Å². The van der Waals surface area contributed by atoms with Crippen molar-refractivity contribution in [3.63, 3.8) is 0 Å². The van der Waals surface area contributed by atoms with Gasteiger partial charge in [0.05, 0.1) is 0 Å². The molecule has 0 aromatic carbocycles. The van der Waals surface area contributed by atoms with Gasteiger partial charge in [-0.25, -0.2) is 0 Å². The van der Waals surface area contributed by atoms with Crippen molar-refractivity contribution < 1.29 is 14.7 Å². The van der Waals surface area contributed by atoms with E-state index in [1.54, 1.807) is 0 Å². The first-order valence-corrected chi connectivity index (χ1v) is 7.15. The fraction of sp³-hybridized carbons (Fsp3) is 0.846. The van der Waals surface area contributed by atoms with E-state index in [4.69, 9.17) is 10.8 Å². The molecule has 0 aromatic rings. The van der Waals surface area contributed by atoms with Crippen molar-refractivity contribution in [1.82, 2.24) is 15.1 Å². The van der Waals surface area contributed by atoms with Crippen LogP contribution in [0.1, 0.15) is 19.3 Å². The molecule has 20 heavy (non-hydrogen) atoms. The molecule has 0 unspecified atom stereocenters. The molecule has 1 aliphatic heterocycles. The zero-order valence-corrected chi connectivity index (χ0v) is 12.2. The minimum absolute atomic E-state index is 0.0211. The van der Waals surface area contributed by atoms with Crippen LogP contribution in [0.4, 0.5) is 0 Å². The lowest BCUT2D eigenvalue weighted by molar-refractivity contribution is -0.138. The van der Waals surface area contributed by atoms with Crippen LogP contribution in [-0.4, -0.2) is 79.1 Å². The topological polar surface area (TPSA) is 98.9 Å². The molecule has 116 valence electrons. The van der Waals surface area contributed by atoms with E-state index in [1.807, 2.05) is 0 Å². The molecule has 0 aliphatic carbocycles. The maximum absolute atomic E-state index is 11.6. The standard InChI is InChI=1S/C13H26N4O3/c1-16-7-9-17(10-8-16)6-4-12(18)15-5-2-3-11(14)13(19)20/h11H,2-10,14H2,1H3,(H,15,18)(H,19,20)/t11-/m0/s1. The maximum Gasteiger partial charge on any atom is 0.320 e. The molecule has 7 heteroatoms. The Hall–Kier alpha value is -1.18. The molecule has 0 spiro atoms. The van der Waals surface area contributed by atoms with Crippen molar-refractivity contribution in [3.8, 4) is 0 Å². The van der Waals surface area contributed by atoms with E-state index in [-0.39, 0.29) is 5.91 Å². The molecular formula is C13H26N4O3. The first-order chi connectivity index (χ1) is 9.49. The van der Waals surface area contributed by atoms with Gasteiger partial charge in [0, 0.05) is 45.7 Å². The number of nitrogens with one attached hydrogen (secondary N) is 1. The Morgan fingerprint density at radius 3 is 2.55 bits per heavy atom. The minimum atomic E-state index is -0.994. The molecule has 4 N–H and O–H groups in total. The van der Waals surface area contributed by atoms with Gasteiger partial charge in [0.15, 0.2) is 0 Å². The summed E-state index contributed by atoms with van der Waals surface area (Å²) in [6, 6.07) is -0.836. The van der Waals surface area contributed by atoms with Crippen LogP contribution in [0.5, 0.6) is 0 Å². The number of carboxylic acid groups (broad SMARTS) is 1. The van der Waals surface area contributed by atoms with Gasteiger partial charge >= 0.3 is 5.97 Å². The first-order valence-electron chi connectivity index (χ1n) is 7.15. The molecule has 7 nitrogen and oxygen atoms in total. The van der Waals surface area contributed by atoms with E-state index in [9.17, 15) is 9.59 Å². The van der Waals surface area contributed by atoms with Crippen molar-refractivity contribution in [2.75, 3.05) is 46.3 Å².